The van der Waals surface area contributed by atoms with Crippen molar-refractivity contribution in [2.45, 2.75) is 37.8 Å². The van der Waals surface area contributed by atoms with Crippen LogP contribution in [0.15, 0.2) is 0 Å². The van der Waals surface area contributed by atoms with Crippen molar-refractivity contribution in [3.05, 3.63) is 0 Å². The van der Waals surface area contributed by atoms with Crippen LogP contribution in [-0.2, 0) is 20.3 Å². The number of nitrogens with two attached hydrogens (primary N) is 1. The highest BCUT2D eigenvalue weighted by molar-refractivity contribution is 7.84. The molecular formula is C11H22N2O3S. The van der Waals surface area contributed by atoms with Crippen LogP contribution in [-0.4, -0.2) is 46.9 Å². The van der Waals surface area contributed by atoms with Crippen LogP contribution in [0.1, 0.15) is 26.2 Å². The van der Waals surface area contributed by atoms with Crippen molar-refractivity contribution in [1.82, 2.24) is 5.32 Å². The first-order valence-electron chi connectivity index (χ1n) is 5.92. The molecule has 1 aliphatic heterocycles. The zero-order valence-electron chi connectivity index (χ0n) is 10.5. The van der Waals surface area contributed by atoms with E-state index in [9.17, 15) is 9.00 Å². The molecule has 100 valence electrons. The summed E-state index contributed by atoms with van der Waals surface area (Å²) < 4.78 is 16.2. The van der Waals surface area contributed by atoms with Gasteiger partial charge in [-0.2, -0.15) is 0 Å². The second kappa shape index (κ2) is 6.47. The standard InChI is InChI=1S/C11H22N2O3S/c1-9(3-8-17(2)15)13-10(14)11(12)4-6-16-7-5-11/h9H,3-8,12H2,1-2H3,(H,13,14). The summed E-state index contributed by atoms with van der Waals surface area (Å²) in [5, 5.41) is 2.89. The zero-order chi connectivity index (χ0) is 12.9. The molecule has 1 aliphatic rings. The lowest BCUT2D eigenvalue weighted by atomic mass is 9.90. The number of hydrogen-bond acceptors (Lipinski definition) is 4. The molecule has 1 amide bonds. The summed E-state index contributed by atoms with van der Waals surface area (Å²) in [4.78, 5) is 12.0. The van der Waals surface area contributed by atoms with E-state index in [1.54, 1.807) is 6.26 Å². The van der Waals surface area contributed by atoms with Crippen molar-refractivity contribution in [2.24, 2.45) is 5.73 Å². The van der Waals surface area contributed by atoms with Gasteiger partial charge in [-0.25, -0.2) is 0 Å². The lowest BCUT2D eigenvalue weighted by molar-refractivity contribution is -0.130. The Morgan fingerprint density at radius 3 is 2.65 bits per heavy atom. The average Bonchev–Trinajstić information content (AvgIpc) is 2.27. The number of ether oxygens (including phenoxy) is 1. The molecular weight excluding hydrogens is 240 g/mol. The van der Waals surface area contributed by atoms with Crippen LogP contribution >= 0.6 is 0 Å². The minimum absolute atomic E-state index is 0.00895. The molecule has 1 saturated heterocycles. The molecule has 0 aromatic rings. The molecule has 0 bridgehead atoms. The Hall–Kier alpha value is -0.460. The Bertz CT molecular complexity index is 290. The van der Waals surface area contributed by atoms with E-state index < -0.39 is 16.3 Å². The Morgan fingerprint density at radius 1 is 1.53 bits per heavy atom. The van der Waals surface area contributed by atoms with E-state index in [4.69, 9.17) is 10.5 Å². The smallest absolute Gasteiger partial charge is 0.240 e. The summed E-state index contributed by atoms with van der Waals surface area (Å²) in [5.74, 6) is 0.484. The van der Waals surface area contributed by atoms with Gasteiger partial charge in [-0.1, -0.05) is 0 Å². The summed E-state index contributed by atoms with van der Waals surface area (Å²) in [6.07, 6.45) is 3.50. The van der Waals surface area contributed by atoms with Gasteiger partial charge in [0.25, 0.3) is 0 Å². The van der Waals surface area contributed by atoms with Crippen molar-refractivity contribution >= 4 is 16.7 Å². The van der Waals surface area contributed by atoms with E-state index in [-0.39, 0.29) is 11.9 Å². The number of hydrogen-bond donors (Lipinski definition) is 2. The van der Waals surface area contributed by atoms with E-state index >= 15 is 0 Å². The van der Waals surface area contributed by atoms with Gasteiger partial charge in [0.05, 0.1) is 5.54 Å². The predicted octanol–water partition coefficient (Wildman–Crippen LogP) is -0.232. The number of amides is 1. The molecule has 0 aromatic carbocycles. The second-order valence-corrected chi connectivity index (χ2v) is 6.26. The SMILES string of the molecule is CC(CCS(C)=O)NC(=O)C1(N)CCOCC1. The van der Waals surface area contributed by atoms with Crippen LogP contribution in [0.5, 0.6) is 0 Å². The average molecular weight is 262 g/mol. The maximum absolute atomic E-state index is 12.0. The minimum atomic E-state index is -0.819. The van der Waals surface area contributed by atoms with Gasteiger partial charge in [0.1, 0.15) is 0 Å². The Morgan fingerprint density at radius 2 is 2.12 bits per heavy atom. The molecule has 0 aliphatic carbocycles. The lowest BCUT2D eigenvalue weighted by Gasteiger charge is -2.32. The van der Waals surface area contributed by atoms with Gasteiger partial charge in [-0.3, -0.25) is 9.00 Å². The zero-order valence-corrected chi connectivity index (χ0v) is 11.3. The molecule has 0 aromatic heterocycles. The third kappa shape index (κ3) is 4.73. The Balaban J connectivity index is 2.39. The van der Waals surface area contributed by atoms with Gasteiger partial charge in [-0.15, -0.1) is 0 Å². The number of carbonyl (C=O) groups excluding carboxylic acids is 1. The van der Waals surface area contributed by atoms with Gasteiger partial charge < -0.3 is 15.8 Å². The summed E-state index contributed by atoms with van der Waals surface area (Å²) in [6, 6.07) is 0.00895. The summed E-state index contributed by atoms with van der Waals surface area (Å²) in [5.41, 5.74) is 5.26. The van der Waals surface area contributed by atoms with Crippen molar-refractivity contribution in [3.8, 4) is 0 Å². The third-order valence-electron chi connectivity index (χ3n) is 3.05. The fourth-order valence-electron chi connectivity index (χ4n) is 1.75. The summed E-state index contributed by atoms with van der Waals surface area (Å²) >= 11 is 0. The van der Waals surface area contributed by atoms with Crippen LogP contribution in [0.4, 0.5) is 0 Å². The quantitative estimate of drug-likeness (QED) is 0.717. The highest BCUT2D eigenvalue weighted by atomic mass is 32.2. The van der Waals surface area contributed by atoms with Crippen LogP contribution < -0.4 is 11.1 Å². The number of nitrogens with one attached hydrogen (secondary N) is 1. The highest BCUT2D eigenvalue weighted by Gasteiger charge is 2.36. The van der Waals surface area contributed by atoms with E-state index in [1.807, 2.05) is 6.92 Å². The topological polar surface area (TPSA) is 81.4 Å². The number of rotatable bonds is 5. The molecule has 17 heavy (non-hydrogen) atoms. The van der Waals surface area contributed by atoms with E-state index in [1.165, 1.54) is 0 Å². The van der Waals surface area contributed by atoms with Crippen LogP contribution in [0.25, 0.3) is 0 Å². The molecule has 6 heteroatoms. The highest BCUT2D eigenvalue weighted by Crippen LogP contribution is 2.18. The fourth-order valence-corrected chi connectivity index (χ4v) is 2.43. The van der Waals surface area contributed by atoms with Crippen LogP contribution in [0, 0.1) is 0 Å². The summed E-state index contributed by atoms with van der Waals surface area (Å²) in [7, 11) is -0.819. The van der Waals surface area contributed by atoms with Crippen molar-refractivity contribution in [1.29, 1.82) is 0 Å². The third-order valence-corrected chi connectivity index (χ3v) is 3.86. The molecule has 1 fully saturated rings. The molecule has 0 radical (unpaired) electrons. The van der Waals surface area contributed by atoms with E-state index in [0.717, 1.165) is 0 Å². The van der Waals surface area contributed by atoms with Gasteiger partial charge >= 0.3 is 0 Å². The second-order valence-electron chi connectivity index (χ2n) is 4.71. The lowest BCUT2D eigenvalue weighted by Crippen LogP contribution is -2.58. The maximum Gasteiger partial charge on any atom is 0.240 e. The maximum atomic E-state index is 12.0. The first-order valence-corrected chi connectivity index (χ1v) is 7.64. The summed E-state index contributed by atoms with van der Waals surface area (Å²) in [6.45, 7) is 2.99. The molecule has 1 rings (SSSR count). The van der Waals surface area contributed by atoms with Crippen molar-refractivity contribution < 1.29 is 13.7 Å². The largest absolute Gasteiger partial charge is 0.381 e. The molecule has 5 nitrogen and oxygen atoms in total. The predicted molar refractivity (Wildman–Crippen MR) is 68.1 cm³/mol. The number of carbonyl (C=O) groups is 1. The monoisotopic (exact) mass is 262 g/mol. The normalized spacial score (nSPS) is 22.8. The first kappa shape index (κ1) is 14.6. The molecule has 1 heterocycles. The van der Waals surface area contributed by atoms with E-state index in [2.05, 4.69) is 5.32 Å². The first-order chi connectivity index (χ1) is 7.94. The van der Waals surface area contributed by atoms with Crippen molar-refractivity contribution in [2.75, 3.05) is 25.2 Å². The fraction of sp³-hybridized carbons (Fsp3) is 0.909. The molecule has 2 unspecified atom stereocenters. The van der Waals surface area contributed by atoms with E-state index in [0.29, 0.717) is 38.2 Å². The molecule has 0 spiro atoms. The van der Waals surface area contributed by atoms with Gasteiger partial charge in [0.15, 0.2) is 0 Å². The minimum Gasteiger partial charge on any atom is -0.381 e. The Kier molecular flexibility index (Phi) is 5.55. The molecule has 0 saturated carbocycles. The van der Waals surface area contributed by atoms with Crippen LogP contribution in [0.2, 0.25) is 0 Å². The van der Waals surface area contributed by atoms with Gasteiger partial charge in [-0.05, 0) is 26.2 Å². The van der Waals surface area contributed by atoms with Crippen LogP contribution in [0.3, 0.4) is 0 Å². The van der Waals surface area contributed by atoms with Gasteiger partial charge in [0, 0.05) is 42.1 Å². The van der Waals surface area contributed by atoms with Gasteiger partial charge in [0.2, 0.25) is 5.91 Å². The Labute approximate surface area is 105 Å². The molecule has 2 atom stereocenters. The van der Waals surface area contributed by atoms with Crippen molar-refractivity contribution in [3.63, 3.8) is 0 Å². The molecule has 3 N–H and O–H groups in total.